The van der Waals surface area contributed by atoms with E-state index in [9.17, 15) is 14.7 Å². The number of benzene rings is 2. The molecular weight excluding hydrogens is 400 g/mol. The summed E-state index contributed by atoms with van der Waals surface area (Å²) in [4.78, 5) is 31.7. The number of aliphatic hydroxyl groups is 1. The van der Waals surface area contributed by atoms with Crippen molar-refractivity contribution in [3.8, 4) is 0 Å². The zero-order valence-electron chi connectivity index (χ0n) is 16.5. The highest BCUT2D eigenvalue weighted by Gasteiger charge is 2.47. The number of amides is 1. The number of hydrogen-bond acceptors (Lipinski definition) is 4. The SMILES string of the molecule is Cc1ccc(/C(O)=C2\C(=O)C(=O)N(c3ccc(Cl)cc3C)C2c2cccnc2)cc1. The first-order valence-corrected chi connectivity index (χ1v) is 9.80. The lowest BCUT2D eigenvalue weighted by atomic mass is 9.95. The molecule has 1 aliphatic rings. The molecule has 1 unspecified atom stereocenters. The number of aryl methyl sites for hydroxylation is 2. The number of halogens is 1. The van der Waals surface area contributed by atoms with Gasteiger partial charge in [0, 0.05) is 28.7 Å². The number of pyridine rings is 1. The molecule has 30 heavy (non-hydrogen) atoms. The van der Waals surface area contributed by atoms with Crippen LogP contribution in [0.3, 0.4) is 0 Å². The number of ketones is 1. The molecule has 0 saturated carbocycles. The van der Waals surface area contributed by atoms with E-state index < -0.39 is 17.7 Å². The highest BCUT2D eigenvalue weighted by molar-refractivity contribution is 6.51. The smallest absolute Gasteiger partial charge is 0.300 e. The van der Waals surface area contributed by atoms with Crippen LogP contribution >= 0.6 is 11.6 Å². The number of aromatic nitrogens is 1. The summed E-state index contributed by atoms with van der Waals surface area (Å²) in [6, 6.07) is 15.0. The van der Waals surface area contributed by atoms with Gasteiger partial charge in [0.25, 0.3) is 11.7 Å². The maximum Gasteiger partial charge on any atom is 0.300 e. The summed E-state index contributed by atoms with van der Waals surface area (Å²) in [6.45, 7) is 3.75. The normalized spacial score (nSPS) is 18.1. The number of anilines is 1. The van der Waals surface area contributed by atoms with Gasteiger partial charge in [-0.25, -0.2) is 0 Å². The average molecular weight is 419 g/mol. The second-order valence-electron chi connectivity index (χ2n) is 7.25. The average Bonchev–Trinajstić information content (AvgIpc) is 3.00. The van der Waals surface area contributed by atoms with E-state index in [0.717, 1.165) is 11.1 Å². The van der Waals surface area contributed by atoms with E-state index in [0.29, 0.717) is 21.8 Å². The molecule has 0 aliphatic carbocycles. The van der Waals surface area contributed by atoms with Crippen molar-refractivity contribution in [3.05, 3.63) is 99.8 Å². The van der Waals surface area contributed by atoms with Crippen molar-refractivity contribution in [1.29, 1.82) is 0 Å². The molecule has 1 aromatic heterocycles. The molecule has 150 valence electrons. The fourth-order valence-corrected chi connectivity index (χ4v) is 3.92. The van der Waals surface area contributed by atoms with Gasteiger partial charge in [0.15, 0.2) is 0 Å². The summed E-state index contributed by atoms with van der Waals surface area (Å²) >= 11 is 6.08. The molecular formula is C24H19ClN2O3. The summed E-state index contributed by atoms with van der Waals surface area (Å²) in [5.41, 5.74) is 3.45. The Labute approximate surface area is 179 Å². The van der Waals surface area contributed by atoms with E-state index in [1.807, 2.05) is 26.0 Å². The summed E-state index contributed by atoms with van der Waals surface area (Å²) in [5.74, 6) is -1.66. The van der Waals surface area contributed by atoms with Crippen LogP contribution in [0, 0.1) is 13.8 Å². The van der Waals surface area contributed by atoms with Gasteiger partial charge in [-0.15, -0.1) is 0 Å². The van der Waals surface area contributed by atoms with Crippen LogP contribution in [0.2, 0.25) is 5.02 Å². The minimum atomic E-state index is -0.806. The molecule has 1 fully saturated rings. The standard InChI is InChI=1S/C24H19ClN2O3/c1-14-5-7-16(8-6-14)22(28)20-21(17-4-3-11-26-13-17)27(24(30)23(20)29)19-10-9-18(25)12-15(19)2/h3-13,21,28H,1-2H3/b22-20+. The highest BCUT2D eigenvalue weighted by Crippen LogP contribution is 2.43. The Morgan fingerprint density at radius 1 is 1.07 bits per heavy atom. The number of Topliss-reactive ketones (excluding diaryl/α,β-unsaturated/α-hetero) is 1. The van der Waals surface area contributed by atoms with Gasteiger partial charge < -0.3 is 5.11 Å². The quantitative estimate of drug-likeness (QED) is 0.370. The fraction of sp³-hybridized carbons (Fsp3) is 0.125. The third-order valence-electron chi connectivity index (χ3n) is 5.19. The Hall–Kier alpha value is -3.44. The van der Waals surface area contributed by atoms with Crippen molar-refractivity contribution in [2.24, 2.45) is 0 Å². The van der Waals surface area contributed by atoms with Crippen LogP contribution in [0.1, 0.15) is 28.3 Å². The Morgan fingerprint density at radius 2 is 1.80 bits per heavy atom. The van der Waals surface area contributed by atoms with Gasteiger partial charge in [-0.1, -0.05) is 47.5 Å². The van der Waals surface area contributed by atoms with Crippen molar-refractivity contribution < 1.29 is 14.7 Å². The molecule has 2 aromatic carbocycles. The lowest BCUT2D eigenvalue weighted by molar-refractivity contribution is -0.132. The molecule has 6 heteroatoms. The van der Waals surface area contributed by atoms with Crippen LogP contribution in [0.4, 0.5) is 5.69 Å². The number of nitrogens with zero attached hydrogens (tertiary/aromatic N) is 2. The number of aliphatic hydroxyl groups excluding tert-OH is 1. The highest BCUT2D eigenvalue weighted by atomic mass is 35.5. The van der Waals surface area contributed by atoms with Crippen molar-refractivity contribution in [1.82, 2.24) is 4.98 Å². The number of carbonyl (C=O) groups is 2. The summed E-state index contributed by atoms with van der Waals surface area (Å²) in [5, 5.41) is 11.6. The molecule has 0 radical (unpaired) electrons. The van der Waals surface area contributed by atoms with Gasteiger partial charge >= 0.3 is 0 Å². The Kier molecular flexibility index (Phi) is 5.14. The van der Waals surface area contributed by atoms with Crippen LogP contribution < -0.4 is 4.90 Å². The first kappa shape index (κ1) is 19.9. The second kappa shape index (κ2) is 7.76. The van der Waals surface area contributed by atoms with E-state index >= 15 is 0 Å². The van der Waals surface area contributed by atoms with E-state index in [1.165, 1.54) is 4.90 Å². The van der Waals surface area contributed by atoms with Crippen LogP contribution in [0.25, 0.3) is 5.76 Å². The van der Waals surface area contributed by atoms with Crippen LogP contribution in [-0.4, -0.2) is 21.8 Å². The van der Waals surface area contributed by atoms with Crippen LogP contribution in [0.5, 0.6) is 0 Å². The maximum atomic E-state index is 13.1. The molecule has 3 aromatic rings. The second-order valence-corrected chi connectivity index (χ2v) is 7.69. The molecule has 0 bridgehead atoms. The van der Waals surface area contributed by atoms with Crippen molar-refractivity contribution in [2.75, 3.05) is 4.90 Å². The van der Waals surface area contributed by atoms with Gasteiger partial charge in [-0.05, 0) is 49.2 Å². The summed E-state index contributed by atoms with van der Waals surface area (Å²) < 4.78 is 0. The minimum Gasteiger partial charge on any atom is -0.507 e. The monoisotopic (exact) mass is 418 g/mol. The molecule has 1 atom stereocenters. The Morgan fingerprint density at radius 3 is 2.43 bits per heavy atom. The molecule has 1 amide bonds. The van der Waals surface area contributed by atoms with Crippen molar-refractivity contribution in [2.45, 2.75) is 19.9 Å². The van der Waals surface area contributed by atoms with Crippen molar-refractivity contribution in [3.63, 3.8) is 0 Å². The zero-order chi connectivity index (χ0) is 21.4. The van der Waals surface area contributed by atoms with Gasteiger partial charge in [0.2, 0.25) is 0 Å². The summed E-state index contributed by atoms with van der Waals surface area (Å²) in [7, 11) is 0. The number of hydrogen-bond donors (Lipinski definition) is 1. The third kappa shape index (κ3) is 3.37. The molecule has 1 N–H and O–H groups in total. The molecule has 5 nitrogen and oxygen atoms in total. The van der Waals surface area contributed by atoms with Gasteiger partial charge in [0.05, 0.1) is 11.6 Å². The predicted octanol–water partition coefficient (Wildman–Crippen LogP) is 4.98. The van der Waals surface area contributed by atoms with Gasteiger partial charge in [-0.3, -0.25) is 19.5 Å². The molecule has 1 saturated heterocycles. The number of rotatable bonds is 3. The largest absolute Gasteiger partial charge is 0.507 e. The van der Waals surface area contributed by atoms with E-state index in [-0.39, 0.29) is 11.3 Å². The lowest BCUT2D eigenvalue weighted by Gasteiger charge is -2.26. The van der Waals surface area contributed by atoms with Crippen LogP contribution in [-0.2, 0) is 9.59 Å². The first-order chi connectivity index (χ1) is 14.4. The lowest BCUT2D eigenvalue weighted by Crippen LogP contribution is -2.30. The Balaban J connectivity index is 1.96. The van der Waals surface area contributed by atoms with E-state index in [2.05, 4.69) is 4.98 Å². The predicted molar refractivity (Wildman–Crippen MR) is 116 cm³/mol. The molecule has 4 rings (SSSR count). The van der Waals surface area contributed by atoms with E-state index in [4.69, 9.17) is 11.6 Å². The maximum absolute atomic E-state index is 13.1. The van der Waals surface area contributed by atoms with Gasteiger partial charge in [0.1, 0.15) is 5.76 Å². The van der Waals surface area contributed by atoms with Gasteiger partial charge in [-0.2, -0.15) is 0 Å². The minimum absolute atomic E-state index is 0.0335. The van der Waals surface area contributed by atoms with E-state index in [1.54, 1.807) is 54.9 Å². The topological polar surface area (TPSA) is 70.5 Å². The summed E-state index contributed by atoms with van der Waals surface area (Å²) in [6.07, 6.45) is 3.21. The number of carbonyl (C=O) groups excluding carboxylic acids is 2. The Bertz CT molecular complexity index is 1170. The molecule has 2 heterocycles. The molecule has 1 aliphatic heterocycles. The van der Waals surface area contributed by atoms with Crippen LogP contribution in [0.15, 0.2) is 72.6 Å². The molecule has 0 spiro atoms. The first-order valence-electron chi connectivity index (χ1n) is 9.42. The fourth-order valence-electron chi connectivity index (χ4n) is 3.69. The third-order valence-corrected chi connectivity index (χ3v) is 5.42. The zero-order valence-corrected chi connectivity index (χ0v) is 17.2. The van der Waals surface area contributed by atoms with Crippen molar-refractivity contribution >= 4 is 34.7 Å².